The Morgan fingerprint density at radius 3 is 2.58 bits per heavy atom. The van der Waals surface area contributed by atoms with E-state index in [0.29, 0.717) is 11.1 Å². The van der Waals surface area contributed by atoms with Gasteiger partial charge in [0.15, 0.2) is 0 Å². The fourth-order valence-electron chi connectivity index (χ4n) is 2.96. The summed E-state index contributed by atoms with van der Waals surface area (Å²) in [6, 6.07) is 6.55. The van der Waals surface area contributed by atoms with Crippen molar-refractivity contribution in [2.75, 3.05) is 13.1 Å². The largest absolute Gasteiger partial charge is 0.490 e. The summed E-state index contributed by atoms with van der Waals surface area (Å²) < 4.78 is 6.89. The molecular formula is C15H19BrClNO. The molecule has 0 amide bonds. The van der Waals surface area contributed by atoms with Crippen LogP contribution in [0.5, 0.6) is 5.75 Å². The maximum atomic E-state index is 6.07. The highest BCUT2D eigenvalue weighted by atomic mass is 79.9. The average Bonchev–Trinajstić information content (AvgIpc) is 2.38. The minimum Gasteiger partial charge on any atom is -0.490 e. The number of piperidine rings is 1. The van der Waals surface area contributed by atoms with Crippen molar-refractivity contribution in [3.05, 3.63) is 27.7 Å². The number of ether oxygens (including phenoxy) is 1. The molecule has 1 saturated heterocycles. The molecule has 0 spiro atoms. The zero-order valence-electron chi connectivity index (χ0n) is 10.9. The summed E-state index contributed by atoms with van der Waals surface area (Å²) in [6.45, 7) is 2.56. The van der Waals surface area contributed by atoms with Crippen molar-refractivity contribution in [3.8, 4) is 5.75 Å². The van der Waals surface area contributed by atoms with Crippen LogP contribution >= 0.6 is 27.5 Å². The summed E-state index contributed by atoms with van der Waals surface area (Å²) in [5.74, 6) is 0.885. The van der Waals surface area contributed by atoms with E-state index in [2.05, 4.69) is 20.8 Å². The third-order valence-corrected chi connectivity index (χ3v) is 5.40. The average molecular weight is 345 g/mol. The number of rotatable bonds is 3. The molecule has 0 aromatic heterocycles. The molecule has 1 aliphatic heterocycles. The molecule has 2 fully saturated rings. The standard InChI is InChI=1S/C15H19BrClNO/c16-14-5-4-12(10-15(14)17)19-13-8-11(9-13)18-6-2-1-3-7-18/h4-5,10-11,13H,1-3,6-9H2. The Morgan fingerprint density at radius 2 is 1.89 bits per heavy atom. The van der Waals surface area contributed by atoms with E-state index >= 15 is 0 Å². The zero-order chi connectivity index (χ0) is 13.2. The predicted molar refractivity (Wildman–Crippen MR) is 82.0 cm³/mol. The van der Waals surface area contributed by atoms with E-state index in [0.717, 1.165) is 29.1 Å². The lowest BCUT2D eigenvalue weighted by Crippen LogP contribution is -2.50. The SMILES string of the molecule is Clc1cc(OC2CC(N3CCCCC3)C2)ccc1Br. The summed E-state index contributed by atoms with van der Waals surface area (Å²) in [5, 5.41) is 0.712. The predicted octanol–water partition coefficient (Wildman–Crippen LogP) is 4.50. The lowest BCUT2D eigenvalue weighted by molar-refractivity contribution is 0.00892. The van der Waals surface area contributed by atoms with E-state index in [1.54, 1.807) is 0 Å². The van der Waals surface area contributed by atoms with Crippen LogP contribution in [0.1, 0.15) is 32.1 Å². The first-order valence-corrected chi connectivity index (χ1v) is 8.25. The van der Waals surface area contributed by atoms with E-state index in [4.69, 9.17) is 16.3 Å². The van der Waals surface area contributed by atoms with Crippen molar-refractivity contribution in [3.63, 3.8) is 0 Å². The van der Waals surface area contributed by atoms with E-state index in [9.17, 15) is 0 Å². The lowest BCUT2D eigenvalue weighted by atomic mass is 9.86. The molecule has 104 valence electrons. The molecule has 1 heterocycles. The molecule has 2 nitrogen and oxygen atoms in total. The second kappa shape index (κ2) is 6.02. The Bertz CT molecular complexity index is 442. The molecule has 0 N–H and O–H groups in total. The smallest absolute Gasteiger partial charge is 0.121 e. The number of hydrogen-bond acceptors (Lipinski definition) is 2. The van der Waals surface area contributed by atoms with Gasteiger partial charge in [0.25, 0.3) is 0 Å². The molecule has 4 heteroatoms. The van der Waals surface area contributed by atoms with Crippen LogP contribution in [0.2, 0.25) is 5.02 Å². The number of benzene rings is 1. The minimum atomic E-state index is 0.365. The quantitative estimate of drug-likeness (QED) is 0.800. The van der Waals surface area contributed by atoms with Gasteiger partial charge in [0, 0.05) is 23.4 Å². The second-order valence-electron chi connectivity index (χ2n) is 5.54. The second-order valence-corrected chi connectivity index (χ2v) is 6.80. The molecule has 19 heavy (non-hydrogen) atoms. The van der Waals surface area contributed by atoms with Gasteiger partial charge in [-0.05, 0) is 60.1 Å². The number of nitrogens with zero attached hydrogens (tertiary/aromatic N) is 1. The van der Waals surface area contributed by atoms with Gasteiger partial charge in [-0.25, -0.2) is 0 Å². The van der Waals surface area contributed by atoms with Gasteiger partial charge in [-0.2, -0.15) is 0 Å². The van der Waals surface area contributed by atoms with Crippen molar-refractivity contribution in [2.45, 2.75) is 44.2 Å². The van der Waals surface area contributed by atoms with Crippen LogP contribution < -0.4 is 4.74 Å². The van der Waals surface area contributed by atoms with Crippen LogP contribution in [0.4, 0.5) is 0 Å². The summed E-state index contributed by atoms with van der Waals surface area (Å²) in [7, 11) is 0. The highest BCUT2D eigenvalue weighted by Gasteiger charge is 2.35. The topological polar surface area (TPSA) is 12.5 Å². The zero-order valence-corrected chi connectivity index (χ0v) is 13.3. The maximum Gasteiger partial charge on any atom is 0.121 e. The first kappa shape index (κ1) is 13.7. The van der Waals surface area contributed by atoms with Crippen LogP contribution in [-0.2, 0) is 0 Å². The Labute approximate surface area is 128 Å². The third kappa shape index (κ3) is 3.26. The van der Waals surface area contributed by atoms with Crippen molar-refractivity contribution in [2.24, 2.45) is 0 Å². The molecule has 0 atom stereocenters. The van der Waals surface area contributed by atoms with E-state index in [1.807, 2.05) is 18.2 Å². The molecule has 0 bridgehead atoms. The molecule has 3 rings (SSSR count). The highest BCUT2D eigenvalue weighted by molar-refractivity contribution is 9.10. The van der Waals surface area contributed by atoms with Gasteiger partial charge in [0.1, 0.15) is 11.9 Å². The number of hydrogen-bond donors (Lipinski definition) is 0. The summed E-state index contributed by atoms with van der Waals surface area (Å²) >= 11 is 9.47. The Balaban J connectivity index is 1.49. The van der Waals surface area contributed by atoms with E-state index in [1.165, 1.54) is 32.4 Å². The summed E-state index contributed by atoms with van der Waals surface area (Å²) in [4.78, 5) is 2.64. The number of halogens is 2. The fraction of sp³-hybridized carbons (Fsp3) is 0.600. The van der Waals surface area contributed by atoms with Crippen LogP contribution in [0, 0.1) is 0 Å². The van der Waals surface area contributed by atoms with Gasteiger partial charge in [0.2, 0.25) is 0 Å². The van der Waals surface area contributed by atoms with Crippen molar-refractivity contribution in [1.29, 1.82) is 0 Å². The van der Waals surface area contributed by atoms with Gasteiger partial charge in [-0.3, -0.25) is 0 Å². The van der Waals surface area contributed by atoms with Crippen molar-refractivity contribution < 1.29 is 4.74 Å². The normalized spacial score (nSPS) is 27.9. The summed E-state index contributed by atoms with van der Waals surface area (Å²) in [6.07, 6.45) is 6.82. The molecule has 0 radical (unpaired) electrons. The van der Waals surface area contributed by atoms with Gasteiger partial charge in [-0.1, -0.05) is 18.0 Å². The van der Waals surface area contributed by atoms with Crippen molar-refractivity contribution in [1.82, 2.24) is 4.90 Å². The van der Waals surface area contributed by atoms with E-state index < -0.39 is 0 Å². The first-order valence-electron chi connectivity index (χ1n) is 7.08. The first-order chi connectivity index (χ1) is 9.22. The maximum absolute atomic E-state index is 6.07. The van der Waals surface area contributed by atoms with Gasteiger partial charge >= 0.3 is 0 Å². The van der Waals surface area contributed by atoms with Crippen LogP contribution in [0.15, 0.2) is 22.7 Å². The third-order valence-electron chi connectivity index (χ3n) is 4.17. The fourth-order valence-corrected chi connectivity index (χ4v) is 3.38. The molecule has 2 aliphatic rings. The molecule has 1 saturated carbocycles. The molecule has 1 aromatic rings. The van der Waals surface area contributed by atoms with Crippen LogP contribution in [0.25, 0.3) is 0 Å². The number of likely N-dealkylation sites (tertiary alicyclic amines) is 1. The molecule has 0 unspecified atom stereocenters. The minimum absolute atomic E-state index is 0.365. The Hall–Kier alpha value is -0.250. The summed E-state index contributed by atoms with van der Waals surface area (Å²) in [5.41, 5.74) is 0. The molecular weight excluding hydrogens is 326 g/mol. The van der Waals surface area contributed by atoms with Crippen molar-refractivity contribution >= 4 is 27.5 Å². The van der Waals surface area contributed by atoms with Gasteiger partial charge < -0.3 is 9.64 Å². The van der Waals surface area contributed by atoms with Crippen LogP contribution in [0.3, 0.4) is 0 Å². The highest BCUT2D eigenvalue weighted by Crippen LogP contribution is 2.33. The Morgan fingerprint density at radius 1 is 1.16 bits per heavy atom. The van der Waals surface area contributed by atoms with Gasteiger partial charge in [-0.15, -0.1) is 0 Å². The monoisotopic (exact) mass is 343 g/mol. The lowest BCUT2D eigenvalue weighted by Gasteiger charge is -2.44. The molecule has 1 aliphatic carbocycles. The molecule has 1 aromatic carbocycles. The van der Waals surface area contributed by atoms with Gasteiger partial charge in [0.05, 0.1) is 5.02 Å². The van der Waals surface area contributed by atoms with E-state index in [-0.39, 0.29) is 0 Å². The van der Waals surface area contributed by atoms with Crippen LogP contribution in [-0.4, -0.2) is 30.1 Å². The Kier molecular flexibility index (Phi) is 4.35.